The summed E-state index contributed by atoms with van der Waals surface area (Å²) in [6.45, 7) is 9.39. The highest BCUT2D eigenvalue weighted by molar-refractivity contribution is 4.96. The minimum Gasteiger partial charge on any atom is -0.356 e. The van der Waals surface area contributed by atoms with Crippen molar-refractivity contribution < 1.29 is 0 Å². The van der Waals surface area contributed by atoms with Crippen LogP contribution in [-0.4, -0.2) is 29.1 Å². The zero-order valence-corrected chi connectivity index (χ0v) is 22.6. The molecule has 2 nitrogen and oxygen atoms in total. The molecule has 0 amide bonds. The molecule has 0 saturated heterocycles. The lowest BCUT2D eigenvalue weighted by Crippen LogP contribution is -2.39. The number of rotatable bonds is 24. The summed E-state index contributed by atoms with van der Waals surface area (Å²) in [6, 6.07) is 0. The van der Waals surface area contributed by atoms with E-state index >= 15 is 0 Å². The lowest BCUT2D eigenvalue weighted by molar-refractivity contribution is 0.137. The Morgan fingerprint density at radius 3 is 1.22 bits per heavy atom. The second-order valence-electron chi connectivity index (χ2n) is 10.4. The van der Waals surface area contributed by atoms with Gasteiger partial charge < -0.3 is 9.80 Å². The van der Waals surface area contributed by atoms with E-state index in [4.69, 9.17) is 0 Å². The minimum absolute atomic E-state index is 0.642. The van der Waals surface area contributed by atoms with Gasteiger partial charge in [0.05, 0.1) is 0 Å². The molecular formula is C30H60N2. The monoisotopic (exact) mass is 448 g/mol. The van der Waals surface area contributed by atoms with Crippen LogP contribution >= 0.6 is 0 Å². The van der Waals surface area contributed by atoms with E-state index < -0.39 is 0 Å². The third-order valence-electron chi connectivity index (χ3n) is 7.28. The first kappa shape index (κ1) is 29.4. The summed E-state index contributed by atoms with van der Waals surface area (Å²) in [7, 11) is 0. The van der Waals surface area contributed by atoms with E-state index in [-0.39, 0.29) is 0 Å². The largest absolute Gasteiger partial charge is 0.356 e. The molecule has 0 radical (unpaired) electrons. The van der Waals surface area contributed by atoms with E-state index in [9.17, 15) is 0 Å². The fraction of sp³-hybridized carbons (Fsp3) is 0.933. The second-order valence-corrected chi connectivity index (χ2v) is 10.4. The van der Waals surface area contributed by atoms with E-state index in [1.54, 1.807) is 0 Å². The summed E-state index contributed by atoms with van der Waals surface area (Å²) in [4.78, 5) is 5.26. The van der Waals surface area contributed by atoms with Gasteiger partial charge in [-0.25, -0.2) is 0 Å². The van der Waals surface area contributed by atoms with Crippen molar-refractivity contribution in [2.24, 2.45) is 0 Å². The first-order valence-corrected chi connectivity index (χ1v) is 15.0. The predicted octanol–water partition coefficient (Wildman–Crippen LogP) is 10.0. The molecule has 1 rings (SSSR count). The van der Waals surface area contributed by atoms with Crippen molar-refractivity contribution in [3.63, 3.8) is 0 Å². The van der Waals surface area contributed by atoms with Crippen molar-refractivity contribution in [1.82, 2.24) is 9.80 Å². The highest BCUT2D eigenvalue weighted by atomic mass is 15.4. The Hall–Kier alpha value is -0.660. The molecule has 190 valence electrons. The first-order valence-electron chi connectivity index (χ1n) is 15.0. The third kappa shape index (κ3) is 15.2. The molecule has 1 aliphatic rings. The molecule has 0 saturated carbocycles. The summed E-state index contributed by atoms with van der Waals surface area (Å²) in [5.74, 6) is 0. The maximum atomic E-state index is 2.65. The van der Waals surface area contributed by atoms with Gasteiger partial charge >= 0.3 is 0 Å². The highest BCUT2D eigenvalue weighted by Gasteiger charge is 2.24. The van der Waals surface area contributed by atoms with Crippen molar-refractivity contribution in [1.29, 1.82) is 0 Å². The number of hydrogen-bond acceptors (Lipinski definition) is 2. The van der Waals surface area contributed by atoms with Crippen LogP contribution in [0, 0.1) is 0 Å². The molecule has 1 atom stereocenters. The normalized spacial score (nSPS) is 15.9. The Labute approximate surface area is 203 Å². The van der Waals surface area contributed by atoms with Gasteiger partial charge in [0.15, 0.2) is 0 Å². The van der Waals surface area contributed by atoms with Gasteiger partial charge in [0, 0.05) is 25.5 Å². The lowest BCUT2D eigenvalue weighted by atomic mass is 10.0. The van der Waals surface area contributed by atoms with E-state index in [0.717, 1.165) is 0 Å². The van der Waals surface area contributed by atoms with Crippen LogP contribution in [0.15, 0.2) is 12.4 Å². The maximum absolute atomic E-state index is 2.65. The topological polar surface area (TPSA) is 6.48 Å². The van der Waals surface area contributed by atoms with Crippen molar-refractivity contribution in [2.45, 2.75) is 168 Å². The molecule has 0 aromatic rings. The average molecular weight is 449 g/mol. The summed E-state index contributed by atoms with van der Waals surface area (Å²) in [6.07, 6.45) is 36.7. The summed E-state index contributed by atoms with van der Waals surface area (Å²) in [5, 5.41) is 0. The van der Waals surface area contributed by atoms with E-state index in [1.165, 1.54) is 154 Å². The second kappa shape index (κ2) is 22.1. The number of nitrogens with zero attached hydrogens (tertiary/aromatic N) is 2. The Bertz CT molecular complexity index is 406. The molecule has 0 bridgehead atoms. The van der Waals surface area contributed by atoms with Crippen LogP contribution in [0.1, 0.15) is 162 Å². The zero-order chi connectivity index (χ0) is 23.1. The molecule has 0 spiro atoms. The Balaban J connectivity index is 2.03. The molecule has 1 aliphatic heterocycles. The molecule has 32 heavy (non-hydrogen) atoms. The van der Waals surface area contributed by atoms with Crippen LogP contribution < -0.4 is 0 Å². The van der Waals surface area contributed by atoms with Crippen LogP contribution in [0.4, 0.5) is 0 Å². The molecule has 0 aromatic carbocycles. The number of hydrogen-bond donors (Lipinski definition) is 0. The molecule has 2 heteroatoms. The molecule has 1 unspecified atom stereocenters. The van der Waals surface area contributed by atoms with Gasteiger partial charge in [0.2, 0.25) is 0 Å². The molecular weight excluding hydrogens is 388 g/mol. The fourth-order valence-electron chi connectivity index (χ4n) is 5.19. The van der Waals surface area contributed by atoms with Crippen molar-refractivity contribution in [2.75, 3.05) is 13.1 Å². The van der Waals surface area contributed by atoms with E-state index in [0.29, 0.717) is 6.17 Å². The molecule has 1 heterocycles. The van der Waals surface area contributed by atoms with Crippen molar-refractivity contribution in [3.8, 4) is 0 Å². The summed E-state index contributed by atoms with van der Waals surface area (Å²) >= 11 is 0. The summed E-state index contributed by atoms with van der Waals surface area (Å²) in [5.41, 5.74) is 0. The van der Waals surface area contributed by atoms with Crippen LogP contribution in [0.3, 0.4) is 0 Å². The van der Waals surface area contributed by atoms with E-state index in [2.05, 4.69) is 43.0 Å². The van der Waals surface area contributed by atoms with Crippen molar-refractivity contribution >= 4 is 0 Å². The van der Waals surface area contributed by atoms with Crippen molar-refractivity contribution in [3.05, 3.63) is 12.4 Å². The van der Waals surface area contributed by atoms with Gasteiger partial charge in [-0.15, -0.1) is 0 Å². The van der Waals surface area contributed by atoms with E-state index in [1.807, 2.05) is 0 Å². The summed E-state index contributed by atoms with van der Waals surface area (Å²) < 4.78 is 0. The van der Waals surface area contributed by atoms with Gasteiger partial charge in [0.1, 0.15) is 6.17 Å². The first-order chi connectivity index (χ1) is 15.8. The minimum atomic E-state index is 0.642. The third-order valence-corrected chi connectivity index (χ3v) is 7.28. The van der Waals surface area contributed by atoms with Gasteiger partial charge in [-0.3, -0.25) is 0 Å². The Morgan fingerprint density at radius 1 is 0.406 bits per heavy atom. The predicted molar refractivity (Wildman–Crippen MR) is 145 cm³/mol. The Morgan fingerprint density at radius 2 is 0.781 bits per heavy atom. The molecule has 0 aliphatic carbocycles. The molecule has 0 fully saturated rings. The molecule has 0 N–H and O–H groups in total. The zero-order valence-electron chi connectivity index (χ0n) is 22.6. The van der Waals surface area contributed by atoms with Crippen LogP contribution in [0.5, 0.6) is 0 Å². The quantitative estimate of drug-likeness (QED) is 0.135. The van der Waals surface area contributed by atoms with Gasteiger partial charge in [-0.05, 0) is 25.7 Å². The van der Waals surface area contributed by atoms with Gasteiger partial charge in [-0.2, -0.15) is 0 Å². The van der Waals surface area contributed by atoms with Crippen LogP contribution in [0.2, 0.25) is 0 Å². The fourth-order valence-corrected chi connectivity index (χ4v) is 5.19. The Kier molecular flexibility index (Phi) is 20.3. The lowest BCUT2D eigenvalue weighted by Gasteiger charge is -2.33. The highest BCUT2D eigenvalue weighted by Crippen LogP contribution is 2.23. The average Bonchev–Trinajstić information content (AvgIpc) is 3.18. The number of unbranched alkanes of at least 4 members (excludes halogenated alkanes) is 18. The maximum Gasteiger partial charge on any atom is 0.101 e. The molecule has 0 aromatic heterocycles. The van der Waals surface area contributed by atoms with Gasteiger partial charge in [-0.1, -0.05) is 136 Å². The SMILES string of the molecule is CCCCCCCCCCCCCCCCC1N(CCC)C=CN1CCCCCCCC. The standard InChI is InChI=1S/C30H60N2/c1-4-7-9-11-13-14-15-16-17-18-19-20-21-23-25-30-31(26-6-3)28-29-32(30)27-24-22-12-10-8-5-2/h28-30H,4-27H2,1-3H3. The van der Waals surface area contributed by atoms with Gasteiger partial charge in [0.25, 0.3) is 0 Å². The van der Waals surface area contributed by atoms with Crippen LogP contribution in [0.25, 0.3) is 0 Å². The van der Waals surface area contributed by atoms with Crippen LogP contribution in [-0.2, 0) is 0 Å². The smallest absolute Gasteiger partial charge is 0.101 e.